The number of carbonyl (C=O) groups is 2. The molecule has 3 N–H and O–H groups in total. The number of benzene rings is 1. The number of ether oxygens (including phenoxy) is 1. The zero-order chi connectivity index (χ0) is 21.1. The predicted molar refractivity (Wildman–Crippen MR) is 105 cm³/mol. The second kappa shape index (κ2) is 8.74. The van der Waals surface area contributed by atoms with E-state index < -0.39 is 29.9 Å². The van der Waals surface area contributed by atoms with Gasteiger partial charge in [-0.2, -0.15) is 0 Å². The Hall–Kier alpha value is -2.73. The maximum absolute atomic E-state index is 14.8. The number of carbonyl (C=O) groups excluding carboxylic acids is 2. The van der Waals surface area contributed by atoms with Crippen LogP contribution in [0, 0.1) is 11.6 Å². The second-order valence-corrected chi connectivity index (χ2v) is 7.18. The van der Waals surface area contributed by atoms with Crippen molar-refractivity contribution in [2.24, 2.45) is 5.73 Å². The van der Waals surface area contributed by atoms with E-state index in [4.69, 9.17) is 27.5 Å². The Balaban J connectivity index is 1.75. The Labute approximate surface area is 171 Å². The molecule has 29 heavy (non-hydrogen) atoms. The second-order valence-electron chi connectivity index (χ2n) is 6.57. The minimum Gasteiger partial charge on any atom is -0.442 e. The van der Waals surface area contributed by atoms with Crippen LogP contribution in [-0.2, 0) is 9.57 Å². The van der Waals surface area contributed by atoms with Gasteiger partial charge in [-0.3, -0.25) is 9.74 Å². The summed E-state index contributed by atoms with van der Waals surface area (Å²) in [5.74, 6) is -1.67. The van der Waals surface area contributed by atoms with Gasteiger partial charge in [-0.25, -0.2) is 23.4 Å². The van der Waals surface area contributed by atoms with E-state index in [1.54, 1.807) is 6.92 Å². The van der Waals surface area contributed by atoms with Crippen LogP contribution in [0.25, 0.3) is 0 Å². The molecule has 158 valence electrons. The molecular weight excluding hydrogens is 408 g/mol. The fourth-order valence-electron chi connectivity index (χ4n) is 3.15. The molecule has 12 heteroatoms. The first-order valence-electron chi connectivity index (χ1n) is 8.92. The van der Waals surface area contributed by atoms with Crippen LogP contribution in [0.4, 0.5) is 29.7 Å². The number of primary amides is 1. The summed E-state index contributed by atoms with van der Waals surface area (Å²) in [5, 5.41) is 3.84. The van der Waals surface area contributed by atoms with Crippen LogP contribution >= 0.6 is 12.2 Å². The molecule has 1 aromatic carbocycles. The van der Waals surface area contributed by atoms with Crippen molar-refractivity contribution < 1.29 is 27.9 Å². The summed E-state index contributed by atoms with van der Waals surface area (Å²) in [6, 6.07) is 1.39. The maximum atomic E-state index is 14.8. The first-order chi connectivity index (χ1) is 13.8. The normalized spacial score (nSPS) is 19.8. The number of rotatable bonds is 4. The number of urea groups is 1. The first kappa shape index (κ1) is 21.0. The average molecular weight is 429 g/mol. The molecule has 2 aliphatic heterocycles. The number of cyclic esters (lactones) is 1. The van der Waals surface area contributed by atoms with Gasteiger partial charge in [-0.1, -0.05) is 12.2 Å². The highest BCUT2D eigenvalue weighted by Gasteiger charge is 2.34. The van der Waals surface area contributed by atoms with Crippen LogP contribution in [0.2, 0.25) is 0 Å². The molecule has 2 heterocycles. The SMILES string of the molecule is CC(=S)NC[C@H]1CN(c2cc(F)c(N3CCON(C(N)=O)CC3)c(F)c2)C(=O)O1. The number of nitrogens with two attached hydrogens (primary N) is 1. The molecule has 2 fully saturated rings. The van der Waals surface area contributed by atoms with Crippen molar-refractivity contribution >= 4 is 40.7 Å². The monoisotopic (exact) mass is 429 g/mol. The van der Waals surface area contributed by atoms with Crippen LogP contribution in [0.5, 0.6) is 0 Å². The summed E-state index contributed by atoms with van der Waals surface area (Å²) in [5.41, 5.74) is 4.96. The Morgan fingerprint density at radius 3 is 2.62 bits per heavy atom. The molecule has 2 saturated heterocycles. The van der Waals surface area contributed by atoms with E-state index in [9.17, 15) is 18.4 Å². The fraction of sp³-hybridized carbons (Fsp3) is 0.471. The Kier molecular flexibility index (Phi) is 6.33. The molecule has 3 amide bonds. The summed E-state index contributed by atoms with van der Waals surface area (Å²) in [4.78, 5) is 31.6. The zero-order valence-corrected chi connectivity index (χ0v) is 16.5. The van der Waals surface area contributed by atoms with Crippen LogP contribution in [0.1, 0.15) is 6.92 Å². The Morgan fingerprint density at radius 2 is 2.00 bits per heavy atom. The summed E-state index contributed by atoms with van der Waals surface area (Å²) in [6.45, 7) is 2.53. The van der Waals surface area contributed by atoms with Crippen molar-refractivity contribution in [3.05, 3.63) is 23.8 Å². The highest BCUT2D eigenvalue weighted by atomic mass is 32.1. The van der Waals surface area contributed by atoms with Gasteiger partial charge in [0.1, 0.15) is 11.8 Å². The molecule has 0 radical (unpaired) electrons. The number of nitrogens with zero attached hydrogens (tertiary/aromatic N) is 3. The van der Waals surface area contributed by atoms with Crippen LogP contribution in [-0.4, -0.2) is 67.6 Å². The smallest absolute Gasteiger partial charge is 0.414 e. The molecule has 0 bridgehead atoms. The van der Waals surface area contributed by atoms with Gasteiger partial charge in [0.15, 0.2) is 11.6 Å². The standard InChI is InChI=1S/C17H21F2N5O4S/c1-10(29)21-8-12-9-23(17(26)28-12)11-6-13(18)15(14(19)7-11)22-2-3-24(16(20)25)27-5-4-22/h6-7,12H,2-5,8-9H2,1H3,(H2,20,25)(H,21,29)/t12-/m0/s1. The highest BCUT2D eigenvalue weighted by molar-refractivity contribution is 7.80. The lowest BCUT2D eigenvalue weighted by molar-refractivity contribution is -0.102. The van der Waals surface area contributed by atoms with Crippen molar-refractivity contribution in [2.75, 3.05) is 49.1 Å². The number of halogens is 2. The molecule has 0 unspecified atom stereocenters. The first-order valence-corrected chi connectivity index (χ1v) is 9.33. The maximum Gasteiger partial charge on any atom is 0.414 e. The van der Waals surface area contributed by atoms with Gasteiger partial charge >= 0.3 is 12.1 Å². The van der Waals surface area contributed by atoms with Crippen LogP contribution < -0.4 is 20.9 Å². The summed E-state index contributed by atoms with van der Waals surface area (Å²) in [6.07, 6.45) is -1.18. The van der Waals surface area contributed by atoms with Crippen molar-refractivity contribution in [3.8, 4) is 0 Å². The van der Waals surface area contributed by atoms with E-state index >= 15 is 0 Å². The number of hydrogen-bond acceptors (Lipinski definition) is 6. The van der Waals surface area contributed by atoms with Crippen LogP contribution in [0.15, 0.2) is 12.1 Å². The van der Waals surface area contributed by atoms with Gasteiger partial charge in [-0.05, 0) is 6.92 Å². The van der Waals surface area contributed by atoms with E-state index in [0.29, 0.717) is 11.5 Å². The molecule has 1 atom stereocenters. The number of hydrogen-bond donors (Lipinski definition) is 2. The van der Waals surface area contributed by atoms with Crippen LogP contribution in [0.3, 0.4) is 0 Å². The Bertz CT molecular complexity index is 804. The topological polar surface area (TPSA) is 100 Å². The fourth-order valence-corrected chi connectivity index (χ4v) is 3.24. The lowest BCUT2D eigenvalue weighted by atomic mass is 10.2. The molecule has 3 rings (SSSR count). The van der Waals surface area contributed by atoms with Crippen molar-refractivity contribution in [2.45, 2.75) is 13.0 Å². The molecule has 0 saturated carbocycles. The van der Waals surface area contributed by atoms with E-state index in [1.165, 1.54) is 9.80 Å². The summed E-state index contributed by atoms with van der Waals surface area (Å²) in [7, 11) is 0. The molecule has 0 aromatic heterocycles. The lowest BCUT2D eigenvalue weighted by Crippen LogP contribution is -2.38. The quantitative estimate of drug-likeness (QED) is 0.697. The molecular formula is C17H21F2N5O4S. The van der Waals surface area contributed by atoms with Gasteiger partial charge in [0.05, 0.1) is 36.9 Å². The largest absolute Gasteiger partial charge is 0.442 e. The number of anilines is 2. The third kappa shape index (κ3) is 4.82. The molecule has 1 aromatic rings. The van der Waals surface area contributed by atoms with Crippen molar-refractivity contribution in [1.82, 2.24) is 10.4 Å². The summed E-state index contributed by atoms with van der Waals surface area (Å²) >= 11 is 4.92. The van der Waals surface area contributed by atoms with E-state index in [0.717, 1.165) is 17.2 Å². The average Bonchev–Trinajstić information content (AvgIpc) is 2.85. The third-order valence-electron chi connectivity index (χ3n) is 4.51. The van der Waals surface area contributed by atoms with Crippen molar-refractivity contribution in [3.63, 3.8) is 0 Å². The third-order valence-corrected chi connectivity index (χ3v) is 4.65. The highest BCUT2D eigenvalue weighted by Crippen LogP contribution is 2.31. The number of thiocarbonyl (C=S) groups is 1. The minimum absolute atomic E-state index is 0.0377. The van der Waals surface area contributed by atoms with Gasteiger partial charge in [0.2, 0.25) is 0 Å². The van der Waals surface area contributed by atoms with Gasteiger partial charge in [0.25, 0.3) is 0 Å². The number of hydroxylamine groups is 2. The van der Waals surface area contributed by atoms with Crippen molar-refractivity contribution in [1.29, 1.82) is 0 Å². The van der Waals surface area contributed by atoms with Gasteiger partial charge in [-0.15, -0.1) is 0 Å². The van der Waals surface area contributed by atoms with E-state index in [1.807, 2.05) is 0 Å². The summed E-state index contributed by atoms with van der Waals surface area (Å²) < 4.78 is 34.8. The molecule has 0 spiro atoms. The zero-order valence-electron chi connectivity index (χ0n) is 15.7. The number of nitrogens with one attached hydrogen (secondary N) is 1. The van der Waals surface area contributed by atoms with Gasteiger partial charge in [0, 0.05) is 25.2 Å². The molecule has 0 aliphatic carbocycles. The Morgan fingerprint density at radius 1 is 1.31 bits per heavy atom. The van der Waals surface area contributed by atoms with E-state index in [2.05, 4.69) is 5.32 Å². The molecule has 9 nitrogen and oxygen atoms in total. The minimum atomic E-state index is -0.836. The molecule has 2 aliphatic rings. The van der Waals surface area contributed by atoms with Gasteiger partial charge < -0.3 is 20.7 Å². The predicted octanol–water partition coefficient (Wildman–Crippen LogP) is 1.36. The number of amides is 3. The van der Waals surface area contributed by atoms with E-state index in [-0.39, 0.29) is 44.2 Å². The lowest BCUT2D eigenvalue weighted by Gasteiger charge is -2.24.